The SMILES string of the molecule is CC(CN)C(=O)N1CCc2cccc(Br)c2C1.Cl. The maximum absolute atomic E-state index is 12.1. The van der Waals surface area contributed by atoms with Gasteiger partial charge in [-0.3, -0.25) is 4.79 Å². The van der Waals surface area contributed by atoms with E-state index in [2.05, 4.69) is 22.0 Å². The standard InChI is InChI=1S/C13H17BrN2O.ClH/c1-9(7-15)13(17)16-6-5-10-3-2-4-12(14)11(10)8-16;/h2-4,9H,5-8,15H2,1H3;1H. The maximum atomic E-state index is 12.1. The fourth-order valence-corrected chi connectivity index (χ4v) is 2.67. The fourth-order valence-electron chi connectivity index (χ4n) is 2.14. The van der Waals surface area contributed by atoms with Gasteiger partial charge in [-0.2, -0.15) is 0 Å². The molecule has 1 unspecified atom stereocenters. The molecule has 0 saturated carbocycles. The van der Waals surface area contributed by atoms with E-state index in [1.165, 1.54) is 11.1 Å². The molecule has 18 heavy (non-hydrogen) atoms. The smallest absolute Gasteiger partial charge is 0.226 e. The zero-order valence-electron chi connectivity index (χ0n) is 10.4. The van der Waals surface area contributed by atoms with Gasteiger partial charge in [0.1, 0.15) is 0 Å². The van der Waals surface area contributed by atoms with Crippen LogP contribution in [-0.2, 0) is 17.8 Å². The quantitative estimate of drug-likeness (QED) is 0.903. The molecule has 0 spiro atoms. The maximum Gasteiger partial charge on any atom is 0.226 e. The molecule has 0 fully saturated rings. The minimum absolute atomic E-state index is 0. The molecule has 5 heteroatoms. The second-order valence-corrected chi connectivity index (χ2v) is 5.38. The van der Waals surface area contributed by atoms with Gasteiger partial charge in [0.05, 0.1) is 0 Å². The molecule has 1 aromatic carbocycles. The van der Waals surface area contributed by atoms with Crippen molar-refractivity contribution in [3.05, 3.63) is 33.8 Å². The largest absolute Gasteiger partial charge is 0.338 e. The first-order valence-corrected chi connectivity index (χ1v) is 6.68. The fraction of sp³-hybridized carbons (Fsp3) is 0.462. The highest BCUT2D eigenvalue weighted by molar-refractivity contribution is 9.10. The normalized spacial score (nSPS) is 15.6. The van der Waals surface area contributed by atoms with Crippen LogP contribution in [0.25, 0.3) is 0 Å². The number of benzene rings is 1. The third-order valence-electron chi connectivity index (χ3n) is 3.30. The summed E-state index contributed by atoms with van der Waals surface area (Å²) in [5, 5.41) is 0. The summed E-state index contributed by atoms with van der Waals surface area (Å²) in [6, 6.07) is 6.20. The van der Waals surface area contributed by atoms with Gasteiger partial charge in [-0.15, -0.1) is 12.4 Å². The monoisotopic (exact) mass is 332 g/mol. The lowest BCUT2D eigenvalue weighted by Crippen LogP contribution is -2.41. The summed E-state index contributed by atoms with van der Waals surface area (Å²) in [6.45, 7) is 3.79. The lowest BCUT2D eigenvalue weighted by molar-refractivity contribution is -0.135. The van der Waals surface area contributed by atoms with Gasteiger partial charge < -0.3 is 10.6 Å². The van der Waals surface area contributed by atoms with Gasteiger partial charge in [-0.25, -0.2) is 0 Å². The highest BCUT2D eigenvalue weighted by Crippen LogP contribution is 2.27. The highest BCUT2D eigenvalue weighted by Gasteiger charge is 2.24. The number of rotatable bonds is 2. The van der Waals surface area contributed by atoms with Gasteiger partial charge in [0.2, 0.25) is 5.91 Å². The number of carbonyl (C=O) groups is 1. The average molecular weight is 334 g/mol. The molecule has 0 saturated heterocycles. The Balaban J connectivity index is 0.00000162. The summed E-state index contributed by atoms with van der Waals surface area (Å²) in [6.07, 6.45) is 0.928. The Bertz CT molecular complexity index is 439. The predicted octanol–water partition coefficient (Wildman–Crippen LogP) is 2.35. The molecule has 1 aliphatic rings. The molecule has 0 aromatic heterocycles. The first kappa shape index (κ1) is 15.5. The topological polar surface area (TPSA) is 46.3 Å². The van der Waals surface area contributed by atoms with E-state index in [4.69, 9.17) is 5.73 Å². The van der Waals surface area contributed by atoms with Crippen molar-refractivity contribution in [2.24, 2.45) is 11.7 Å². The van der Waals surface area contributed by atoms with E-state index in [1.807, 2.05) is 24.0 Å². The summed E-state index contributed by atoms with van der Waals surface area (Å²) in [5.41, 5.74) is 8.12. The lowest BCUT2D eigenvalue weighted by Gasteiger charge is -2.31. The average Bonchev–Trinajstić information content (AvgIpc) is 2.37. The predicted molar refractivity (Wildman–Crippen MR) is 78.7 cm³/mol. The van der Waals surface area contributed by atoms with Crippen molar-refractivity contribution < 1.29 is 4.79 Å². The molecule has 2 N–H and O–H groups in total. The second-order valence-electron chi connectivity index (χ2n) is 4.52. The number of amides is 1. The van der Waals surface area contributed by atoms with Crippen LogP contribution in [0.5, 0.6) is 0 Å². The zero-order chi connectivity index (χ0) is 12.4. The van der Waals surface area contributed by atoms with Crippen LogP contribution in [0.4, 0.5) is 0 Å². The summed E-state index contributed by atoms with van der Waals surface area (Å²) in [7, 11) is 0. The molecule has 1 atom stereocenters. The molecular formula is C13H18BrClN2O. The number of nitrogens with two attached hydrogens (primary N) is 1. The molecule has 1 aliphatic heterocycles. The molecule has 3 nitrogen and oxygen atoms in total. The van der Waals surface area contributed by atoms with Gasteiger partial charge >= 0.3 is 0 Å². The third kappa shape index (κ3) is 3.05. The van der Waals surface area contributed by atoms with Crippen LogP contribution in [0.1, 0.15) is 18.1 Å². The Labute approximate surface area is 122 Å². The third-order valence-corrected chi connectivity index (χ3v) is 4.05. The Hall–Kier alpha value is -0.580. The van der Waals surface area contributed by atoms with Crippen LogP contribution < -0.4 is 5.73 Å². The van der Waals surface area contributed by atoms with Crippen molar-refractivity contribution in [1.29, 1.82) is 0 Å². The summed E-state index contributed by atoms with van der Waals surface area (Å²) < 4.78 is 1.09. The summed E-state index contributed by atoms with van der Waals surface area (Å²) in [4.78, 5) is 14.0. The van der Waals surface area contributed by atoms with Crippen molar-refractivity contribution in [1.82, 2.24) is 4.90 Å². The molecule has 1 amide bonds. The van der Waals surface area contributed by atoms with E-state index in [1.54, 1.807) is 0 Å². The summed E-state index contributed by atoms with van der Waals surface area (Å²) in [5.74, 6) is 0.0768. The first-order valence-electron chi connectivity index (χ1n) is 5.88. The molecule has 0 radical (unpaired) electrons. The zero-order valence-corrected chi connectivity index (χ0v) is 12.8. The van der Waals surface area contributed by atoms with Crippen molar-refractivity contribution in [2.75, 3.05) is 13.1 Å². The van der Waals surface area contributed by atoms with Gasteiger partial charge in [-0.1, -0.05) is 35.0 Å². The first-order chi connectivity index (χ1) is 8.13. The second kappa shape index (κ2) is 6.55. The van der Waals surface area contributed by atoms with Gasteiger partial charge in [0.25, 0.3) is 0 Å². The molecule has 0 aliphatic carbocycles. The highest BCUT2D eigenvalue weighted by atomic mass is 79.9. The van der Waals surface area contributed by atoms with E-state index in [0.717, 1.165) is 17.4 Å². The van der Waals surface area contributed by atoms with Crippen molar-refractivity contribution >= 4 is 34.2 Å². The van der Waals surface area contributed by atoms with Crippen molar-refractivity contribution in [2.45, 2.75) is 19.9 Å². The van der Waals surface area contributed by atoms with E-state index >= 15 is 0 Å². The minimum atomic E-state index is -0.0842. The van der Waals surface area contributed by atoms with E-state index < -0.39 is 0 Å². The number of nitrogens with zero attached hydrogens (tertiary/aromatic N) is 1. The number of hydrogen-bond acceptors (Lipinski definition) is 2. The number of fused-ring (bicyclic) bond motifs is 1. The Morgan fingerprint density at radius 3 is 2.94 bits per heavy atom. The lowest BCUT2D eigenvalue weighted by atomic mass is 9.98. The molecule has 100 valence electrons. The van der Waals surface area contributed by atoms with Crippen LogP contribution in [0.15, 0.2) is 22.7 Å². The van der Waals surface area contributed by atoms with Crippen LogP contribution >= 0.6 is 28.3 Å². The number of carbonyl (C=O) groups excluding carboxylic acids is 1. The molecule has 2 rings (SSSR count). The molecule has 1 heterocycles. The van der Waals surface area contributed by atoms with E-state index in [9.17, 15) is 4.79 Å². The summed E-state index contributed by atoms with van der Waals surface area (Å²) >= 11 is 3.55. The molecule has 0 bridgehead atoms. The number of halogens is 2. The van der Waals surface area contributed by atoms with Crippen molar-refractivity contribution in [3.63, 3.8) is 0 Å². The molecular weight excluding hydrogens is 316 g/mol. The van der Waals surface area contributed by atoms with Crippen LogP contribution in [0, 0.1) is 5.92 Å². The Morgan fingerprint density at radius 1 is 1.56 bits per heavy atom. The van der Waals surface area contributed by atoms with Gasteiger partial charge in [0, 0.05) is 30.0 Å². The van der Waals surface area contributed by atoms with Crippen LogP contribution in [0.3, 0.4) is 0 Å². The Kier molecular flexibility index (Phi) is 5.63. The van der Waals surface area contributed by atoms with Gasteiger partial charge in [-0.05, 0) is 23.6 Å². The Morgan fingerprint density at radius 2 is 2.28 bits per heavy atom. The minimum Gasteiger partial charge on any atom is -0.338 e. The van der Waals surface area contributed by atoms with Crippen LogP contribution in [0.2, 0.25) is 0 Å². The molecule has 1 aromatic rings. The number of hydrogen-bond donors (Lipinski definition) is 1. The van der Waals surface area contributed by atoms with Crippen LogP contribution in [-0.4, -0.2) is 23.9 Å². The van der Waals surface area contributed by atoms with E-state index in [-0.39, 0.29) is 24.2 Å². The van der Waals surface area contributed by atoms with Gasteiger partial charge in [0.15, 0.2) is 0 Å². The van der Waals surface area contributed by atoms with E-state index in [0.29, 0.717) is 13.1 Å². The van der Waals surface area contributed by atoms with Crippen molar-refractivity contribution in [3.8, 4) is 0 Å².